The second kappa shape index (κ2) is 6.47. The highest BCUT2D eigenvalue weighted by Gasteiger charge is 2.25. The van der Waals surface area contributed by atoms with Gasteiger partial charge in [0.2, 0.25) is 0 Å². The van der Waals surface area contributed by atoms with Crippen molar-refractivity contribution >= 4 is 44.8 Å². The highest BCUT2D eigenvalue weighted by atomic mass is 79.9. The van der Waals surface area contributed by atoms with E-state index >= 15 is 0 Å². The van der Waals surface area contributed by atoms with Crippen LogP contribution in [-0.2, 0) is 4.74 Å². The Morgan fingerprint density at radius 3 is 2.67 bits per heavy atom. The van der Waals surface area contributed by atoms with Gasteiger partial charge in [-0.2, -0.15) is 0 Å². The second-order valence-corrected chi connectivity index (χ2v) is 6.14. The van der Waals surface area contributed by atoms with Gasteiger partial charge in [-0.3, -0.25) is 0 Å². The maximum atomic E-state index is 6.24. The molecule has 1 aliphatic rings. The molecule has 5 heteroatoms. The molecule has 1 aliphatic carbocycles. The fraction of sp³-hybridized carbons (Fsp3) is 0.538. The minimum Gasteiger partial charge on any atom is -0.379 e. The molecule has 0 spiro atoms. The summed E-state index contributed by atoms with van der Waals surface area (Å²) >= 11 is 15.7. The maximum absolute atomic E-state index is 6.24. The van der Waals surface area contributed by atoms with Crippen LogP contribution in [0.2, 0.25) is 10.0 Å². The molecule has 2 nitrogen and oxygen atoms in total. The van der Waals surface area contributed by atoms with Gasteiger partial charge in [-0.25, -0.2) is 0 Å². The molecule has 18 heavy (non-hydrogen) atoms. The topological polar surface area (TPSA) is 21.3 Å². The largest absolute Gasteiger partial charge is 0.379 e. The van der Waals surface area contributed by atoms with E-state index in [9.17, 15) is 0 Å². The fourth-order valence-electron chi connectivity index (χ4n) is 2.38. The van der Waals surface area contributed by atoms with E-state index < -0.39 is 0 Å². The number of benzene rings is 1. The van der Waals surface area contributed by atoms with Crippen molar-refractivity contribution in [1.29, 1.82) is 0 Å². The molecule has 1 aromatic rings. The molecule has 100 valence electrons. The molecular formula is C13H16BrCl2NO. The lowest BCUT2D eigenvalue weighted by atomic mass is 9.92. The zero-order valence-corrected chi connectivity index (χ0v) is 13.3. The van der Waals surface area contributed by atoms with Crippen molar-refractivity contribution in [1.82, 2.24) is 0 Å². The number of hydrogen-bond donors (Lipinski definition) is 1. The summed E-state index contributed by atoms with van der Waals surface area (Å²) in [4.78, 5) is 0. The number of hydrogen-bond acceptors (Lipinski definition) is 2. The van der Waals surface area contributed by atoms with E-state index in [-0.39, 0.29) is 6.10 Å². The lowest BCUT2D eigenvalue weighted by Gasteiger charge is -2.32. The lowest BCUT2D eigenvalue weighted by molar-refractivity contribution is 0.0606. The molecule has 0 radical (unpaired) electrons. The molecule has 0 heterocycles. The lowest BCUT2D eigenvalue weighted by Crippen LogP contribution is -2.37. The number of anilines is 1. The van der Waals surface area contributed by atoms with Crippen molar-refractivity contribution < 1.29 is 4.74 Å². The van der Waals surface area contributed by atoms with Crippen LogP contribution in [0.3, 0.4) is 0 Å². The van der Waals surface area contributed by atoms with Gasteiger partial charge in [0, 0.05) is 11.6 Å². The molecule has 2 unspecified atom stereocenters. The summed E-state index contributed by atoms with van der Waals surface area (Å²) in [6, 6.07) is 4.15. The predicted molar refractivity (Wildman–Crippen MR) is 80.8 cm³/mol. The minimum atomic E-state index is 0.247. The highest BCUT2D eigenvalue weighted by molar-refractivity contribution is 9.10. The third-order valence-electron chi connectivity index (χ3n) is 3.38. The second-order valence-electron chi connectivity index (χ2n) is 4.53. The smallest absolute Gasteiger partial charge is 0.0835 e. The molecule has 0 bridgehead atoms. The van der Waals surface area contributed by atoms with E-state index in [0.717, 1.165) is 23.0 Å². The monoisotopic (exact) mass is 351 g/mol. The Morgan fingerprint density at radius 2 is 1.94 bits per heavy atom. The number of rotatable bonds is 3. The zero-order valence-electron chi connectivity index (χ0n) is 10.2. The van der Waals surface area contributed by atoms with Crippen LogP contribution in [0.1, 0.15) is 25.7 Å². The van der Waals surface area contributed by atoms with Crippen molar-refractivity contribution in [3.05, 3.63) is 26.7 Å². The van der Waals surface area contributed by atoms with Crippen LogP contribution in [0, 0.1) is 0 Å². The van der Waals surface area contributed by atoms with Gasteiger partial charge in [-0.1, -0.05) is 36.0 Å². The first-order chi connectivity index (χ1) is 8.63. The SMILES string of the molecule is COC1CCCCC1Nc1ccc(Br)c(Cl)c1Cl. The van der Waals surface area contributed by atoms with E-state index in [1.54, 1.807) is 7.11 Å². The Hall–Kier alpha value is 0.0400. The average molecular weight is 353 g/mol. The van der Waals surface area contributed by atoms with Gasteiger partial charge in [-0.05, 0) is 40.9 Å². The maximum Gasteiger partial charge on any atom is 0.0835 e. The van der Waals surface area contributed by atoms with Crippen LogP contribution in [-0.4, -0.2) is 19.3 Å². The predicted octanol–water partition coefficient (Wildman–Crippen LogP) is 5.13. The molecule has 1 aromatic carbocycles. The van der Waals surface area contributed by atoms with E-state index in [1.807, 2.05) is 12.1 Å². The van der Waals surface area contributed by atoms with Crippen molar-refractivity contribution in [3.63, 3.8) is 0 Å². The zero-order chi connectivity index (χ0) is 13.1. The van der Waals surface area contributed by atoms with Crippen molar-refractivity contribution in [3.8, 4) is 0 Å². The number of halogens is 3. The highest BCUT2D eigenvalue weighted by Crippen LogP contribution is 2.37. The average Bonchev–Trinajstić information content (AvgIpc) is 2.40. The van der Waals surface area contributed by atoms with Gasteiger partial charge in [0.1, 0.15) is 0 Å². The first-order valence-electron chi connectivity index (χ1n) is 6.06. The van der Waals surface area contributed by atoms with Crippen LogP contribution in [0.15, 0.2) is 16.6 Å². The third kappa shape index (κ3) is 3.13. The summed E-state index contributed by atoms with van der Waals surface area (Å²) in [5.74, 6) is 0. The molecule has 0 aromatic heterocycles. The molecule has 1 fully saturated rings. The standard InChI is InChI=1S/C13H16BrCl2NO/c1-18-11-5-3-2-4-9(11)17-10-7-6-8(14)12(15)13(10)16/h6-7,9,11,17H,2-5H2,1H3. The Morgan fingerprint density at radius 1 is 1.22 bits per heavy atom. The van der Waals surface area contributed by atoms with Gasteiger partial charge < -0.3 is 10.1 Å². The van der Waals surface area contributed by atoms with Gasteiger partial charge in [0.05, 0.1) is 27.9 Å². The number of methoxy groups -OCH3 is 1. The van der Waals surface area contributed by atoms with E-state index in [4.69, 9.17) is 27.9 Å². The van der Waals surface area contributed by atoms with Crippen LogP contribution in [0.4, 0.5) is 5.69 Å². The molecule has 0 saturated heterocycles. The Kier molecular flexibility index (Phi) is 5.19. The normalized spacial score (nSPS) is 24.0. The molecular weight excluding hydrogens is 337 g/mol. The summed E-state index contributed by atoms with van der Waals surface area (Å²) in [5, 5.41) is 4.57. The molecule has 2 rings (SSSR count). The van der Waals surface area contributed by atoms with Gasteiger partial charge in [0.25, 0.3) is 0 Å². The Bertz CT molecular complexity index is 428. The Balaban J connectivity index is 2.15. The molecule has 1 saturated carbocycles. The van der Waals surface area contributed by atoms with Crippen molar-refractivity contribution in [2.45, 2.75) is 37.8 Å². The first-order valence-corrected chi connectivity index (χ1v) is 7.61. The number of ether oxygens (including phenoxy) is 1. The van der Waals surface area contributed by atoms with Gasteiger partial charge >= 0.3 is 0 Å². The summed E-state index contributed by atoms with van der Waals surface area (Å²) in [6.45, 7) is 0. The number of nitrogens with one attached hydrogen (secondary N) is 1. The summed E-state index contributed by atoms with van der Waals surface area (Å²) < 4.78 is 6.33. The van der Waals surface area contributed by atoms with Crippen LogP contribution in [0.5, 0.6) is 0 Å². The van der Waals surface area contributed by atoms with Crippen molar-refractivity contribution in [2.75, 3.05) is 12.4 Å². The first kappa shape index (κ1) is 14.4. The third-order valence-corrected chi connectivity index (χ3v) is 5.15. The van der Waals surface area contributed by atoms with E-state index in [0.29, 0.717) is 16.1 Å². The minimum absolute atomic E-state index is 0.247. The van der Waals surface area contributed by atoms with E-state index in [1.165, 1.54) is 12.8 Å². The molecule has 1 N–H and O–H groups in total. The molecule has 2 atom stereocenters. The fourth-order valence-corrected chi connectivity index (χ4v) is 3.21. The quantitative estimate of drug-likeness (QED) is 0.761. The van der Waals surface area contributed by atoms with Gasteiger partial charge in [-0.15, -0.1) is 0 Å². The summed E-state index contributed by atoms with van der Waals surface area (Å²) in [6.07, 6.45) is 4.89. The Labute approximate surface area is 126 Å². The van der Waals surface area contributed by atoms with Crippen LogP contribution in [0.25, 0.3) is 0 Å². The van der Waals surface area contributed by atoms with Crippen LogP contribution >= 0.6 is 39.1 Å². The van der Waals surface area contributed by atoms with Crippen LogP contribution < -0.4 is 5.32 Å². The van der Waals surface area contributed by atoms with E-state index in [2.05, 4.69) is 21.2 Å². The summed E-state index contributed by atoms with van der Waals surface area (Å²) in [5.41, 5.74) is 0.874. The summed E-state index contributed by atoms with van der Waals surface area (Å²) in [7, 11) is 1.76. The van der Waals surface area contributed by atoms with Crippen molar-refractivity contribution in [2.24, 2.45) is 0 Å². The molecule has 0 amide bonds. The molecule has 0 aliphatic heterocycles. The van der Waals surface area contributed by atoms with Gasteiger partial charge in [0.15, 0.2) is 0 Å².